The lowest BCUT2D eigenvalue weighted by molar-refractivity contribution is 0.117. The summed E-state index contributed by atoms with van der Waals surface area (Å²) in [6, 6.07) is 6.31. The second-order valence-corrected chi connectivity index (χ2v) is 6.91. The van der Waals surface area contributed by atoms with Crippen molar-refractivity contribution in [2.45, 2.75) is 18.7 Å². The lowest BCUT2D eigenvalue weighted by Gasteiger charge is -2.19. The summed E-state index contributed by atoms with van der Waals surface area (Å²) in [6.07, 6.45) is 8.40. The Balaban J connectivity index is 1.27. The maximum absolute atomic E-state index is 13.9. The maximum atomic E-state index is 13.9. The molecule has 9 nitrogen and oxygen atoms in total. The van der Waals surface area contributed by atoms with E-state index in [9.17, 15) is 9.50 Å². The van der Waals surface area contributed by atoms with Gasteiger partial charge in [-0.1, -0.05) is 12.1 Å². The fraction of sp³-hybridized carbons (Fsp3) is 0.263. The molecule has 0 radical (unpaired) electrons. The standard InChI is InChI=1S/C19H19FN8O/c20-14-3-1-2-4-15(14)28-12-23-16(25-28)19(29)24-13-5-8-27(11-13)18-17-21-6-9-26(17)10-7-22-18/h1-4,6-7,9-10,12-13,19,24,29H,5,8,11H2/t13-,19?/m0/s1. The van der Waals surface area contributed by atoms with E-state index in [0.29, 0.717) is 6.54 Å². The number of rotatable bonds is 5. The van der Waals surface area contributed by atoms with E-state index in [2.05, 4.69) is 30.3 Å². The van der Waals surface area contributed by atoms with Crippen LogP contribution in [0.1, 0.15) is 18.5 Å². The molecule has 29 heavy (non-hydrogen) atoms. The van der Waals surface area contributed by atoms with Gasteiger partial charge in [0, 0.05) is 43.9 Å². The number of aliphatic hydroxyl groups is 1. The summed E-state index contributed by atoms with van der Waals surface area (Å²) in [5, 5.41) is 17.9. The molecule has 0 aliphatic carbocycles. The van der Waals surface area contributed by atoms with Crippen molar-refractivity contribution < 1.29 is 9.50 Å². The molecule has 2 atom stereocenters. The highest BCUT2D eigenvalue weighted by atomic mass is 19.1. The molecule has 148 valence electrons. The third-order valence-corrected chi connectivity index (χ3v) is 5.03. The summed E-state index contributed by atoms with van der Waals surface area (Å²) >= 11 is 0. The van der Waals surface area contributed by atoms with Crippen molar-refractivity contribution in [3.8, 4) is 5.69 Å². The van der Waals surface area contributed by atoms with Gasteiger partial charge in [-0.3, -0.25) is 5.32 Å². The van der Waals surface area contributed by atoms with Gasteiger partial charge < -0.3 is 14.4 Å². The predicted octanol–water partition coefficient (Wildman–Crippen LogP) is 1.31. The molecule has 4 heterocycles. The van der Waals surface area contributed by atoms with Gasteiger partial charge in [0.2, 0.25) is 0 Å². The molecular formula is C19H19FN8O. The quantitative estimate of drug-likeness (QED) is 0.493. The van der Waals surface area contributed by atoms with E-state index in [4.69, 9.17) is 0 Å². The average molecular weight is 394 g/mol. The van der Waals surface area contributed by atoms with Crippen LogP contribution in [0.25, 0.3) is 11.3 Å². The highest BCUT2D eigenvalue weighted by molar-refractivity contribution is 5.64. The van der Waals surface area contributed by atoms with Crippen molar-refractivity contribution >= 4 is 11.5 Å². The van der Waals surface area contributed by atoms with Crippen LogP contribution in [0.3, 0.4) is 0 Å². The molecule has 1 unspecified atom stereocenters. The number of aromatic nitrogens is 6. The van der Waals surface area contributed by atoms with Crippen LogP contribution in [0, 0.1) is 5.82 Å². The molecule has 1 aliphatic rings. The van der Waals surface area contributed by atoms with Gasteiger partial charge in [-0.25, -0.2) is 24.0 Å². The minimum atomic E-state index is -1.05. The second kappa shape index (κ2) is 7.22. The van der Waals surface area contributed by atoms with Crippen LogP contribution in [-0.2, 0) is 0 Å². The summed E-state index contributed by atoms with van der Waals surface area (Å²) < 4.78 is 17.2. The molecular weight excluding hydrogens is 375 g/mol. The first-order valence-electron chi connectivity index (χ1n) is 9.32. The number of para-hydroxylation sites is 1. The first kappa shape index (κ1) is 17.7. The minimum Gasteiger partial charge on any atom is -0.371 e. The zero-order valence-electron chi connectivity index (χ0n) is 15.4. The highest BCUT2D eigenvalue weighted by Crippen LogP contribution is 2.23. The Morgan fingerprint density at radius 1 is 1.14 bits per heavy atom. The predicted molar refractivity (Wildman–Crippen MR) is 103 cm³/mol. The van der Waals surface area contributed by atoms with Crippen molar-refractivity contribution in [1.29, 1.82) is 0 Å². The molecule has 3 aromatic heterocycles. The number of nitrogens with zero attached hydrogens (tertiary/aromatic N) is 7. The first-order valence-corrected chi connectivity index (χ1v) is 9.32. The van der Waals surface area contributed by atoms with E-state index >= 15 is 0 Å². The normalized spacial score (nSPS) is 17.9. The van der Waals surface area contributed by atoms with Gasteiger partial charge >= 0.3 is 0 Å². The Hall–Kier alpha value is -3.37. The van der Waals surface area contributed by atoms with Gasteiger partial charge in [-0.15, -0.1) is 5.10 Å². The maximum Gasteiger partial charge on any atom is 0.194 e. The van der Waals surface area contributed by atoms with Crippen LogP contribution in [-0.4, -0.2) is 53.4 Å². The third kappa shape index (κ3) is 3.32. The van der Waals surface area contributed by atoms with E-state index in [-0.39, 0.29) is 17.6 Å². The number of hydrogen-bond acceptors (Lipinski definition) is 7. The zero-order valence-corrected chi connectivity index (χ0v) is 15.4. The van der Waals surface area contributed by atoms with Gasteiger partial charge in [0.1, 0.15) is 17.8 Å². The molecule has 1 saturated heterocycles. The van der Waals surface area contributed by atoms with Gasteiger partial charge in [0.25, 0.3) is 0 Å². The highest BCUT2D eigenvalue weighted by Gasteiger charge is 2.28. The second-order valence-electron chi connectivity index (χ2n) is 6.91. The number of hydrogen-bond donors (Lipinski definition) is 2. The number of anilines is 1. The largest absolute Gasteiger partial charge is 0.371 e. The Labute approximate surface area is 165 Å². The number of benzene rings is 1. The molecule has 1 fully saturated rings. The average Bonchev–Trinajstić information content (AvgIpc) is 3.48. The molecule has 0 bridgehead atoms. The molecule has 4 aromatic rings. The number of aliphatic hydroxyl groups excluding tert-OH is 1. The van der Waals surface area contributed by atoms with Gasteiger partial charge in [0.05, 0.1) is 0 Å². The van der Waals surface area contributed by atoms with Crippen LogP contribution >= 0.6 is 0 Å². The van der Waals surface area contributed by atoms with Crippen molar-refractivity contribution in [3.05, 3.63) is 67.0 Å². The van der Waals surface area contributed by atoms with Gasteiger partial charge in [-0.05, 0) is 18.6 Å². The Morgan fingerprint density at radius 3 is 2.83 bits per heavy atom. The topological polar surface area (TPSA) is 96.4 Å². The monoisotopic (exact) mass is 394 g/mol. The number of imidazole rings is 1. The van der Waals surface area contributed by atoms with Crippen LogP contribution in [0.2, 0.25) is 0 Å². The van der Waals surface area contributed by atoms with E-state index in [1.807, 2.05) is 16.8 Å². The van der Waals surface area contributed by atoms with Crippen LogP contribution < -0.4 is 10.2 Å². The van der Waals surface area contributed by atoms with Crippen LogP contribution in [0.5, 0.6) is 0 Å². The minimum absolute atomic E-state index is 0.0300. The van der Waals surface area contributed by atoms with Crippen molar-refractivity contribution in [2.75, 3.05) is 18.0 Å². The van der Waals surface area contributed by atoms with E-state index < -0.39 is 12.0 Å². The van der Waals surface area contributed by atoms with Crippen molar-refractivity contribution in [3.63, 3.8) is 0 Å². The smallest absolute Gasteiger partial charge is 0.194 e. The summed E-state index contributed by atoms with van der Waals surface area (Å²) in [4.78, 5) is 15.1. The lowest BCUT2D eigenvalue weighted by atomic mass is 10.2. The molecule has 10 heteroatoms. The summed E-state index contributed by atoms with van der Waals surface area (Å²) in [6.45, 7) is 1.46. The van der Waals surface area contributed by atoms with Crippen LogP contribution in [0.4, 0.5) is 10.2 Å². The van der Waals surface area contributed by atoms with Crippen LogP contribution in [0.15, 0.2) is 55.4 Å². The number of fused-ring (bicyclic) bond motifs is 1. The zero-order chi connectivity index (χ0) is 19.8. The van der Waals surface area contributed by atoms with Gasteiger partial charge in [-0.2, -0.15) is 0 Å². The summed E-state index contributed by atoms with van der Waals surface area (Å²) in [7, 11) is 0. The van der Waals surface area contributed by atoms with E-state index in [0.717, 1.165) is 24.4 Å². The van der Waals surface area contributed by atoms with Crippen molar-refractivity contribution in [1.82, 2.24) is 34.4 Å². The summed E-state index contributed by atoms with van der Waals surface area (Å²) in [5.41, 5.74) is 1.09. The molecule has 0 saturated carbocycles. The molecule has 0 amide bonds. The fourth-order valence-corrected chi connectivity index (χ4v) is 3.60. The third-order valence-electron chi connectivity index (χ3n) is 5.03. The molecule has 5 rings (SSSR count). The Kier molecular flexibility index (Phi) is 4.41. The molecule has 1 aromatic carbocycles. The first-order chi connectivity index (χ1) is 14.2. The molecule has 2 N–H and O–H groups in total. The summed E-state index contributed by atoms with van der Waals surface area (Å²) in [5.74, 6) is 0.608. The SMILES string of the molecule is OC(N[C@H]1CCN(c2nccn3ccnc23)C1)c1ncn(-c2ccccc2F)n1. The lowest BCUT2D eigenvalue weighted by Crippen LogP contribution is -2.36. The molecule has 0 spiro atoms. The van der Waals surface area contributed by atoms with Gasteiger partial charge in [0.15, 0.2) is 23.5 Å². The van der Waals surface area contributed by atoms with E-state index in [1.54, 1.807) is 30.6 Å². The molecule has 1 aliphatic heterocycles. The van der Waals surface area contributed by atoms with Crippen molar-refractivity contribution in [2.24, 2.45) is 0 Å². The Morgan fingerprint density at radius 2 is 1.97 bits per heavy atom. The number of nitrogens with one attached hydrogen (secondary N) is 1. The Bertz CT molecular complexity index is 1140. The van der Waals surface area contributed by atoms with E-state index in [1.165, 1.54) is 17.1 Å². The fourth-order valence-electron chi connectivity index (χ4n) is 3.60. The number of halogens is 1.